The molecule has 0 spiro atoms. The molecule has 2 nitrogen and oxygen atoms in total. The number of ether oxygens (including phenoxy) is 1. The molecule has 1 rings (SSSR count). The summed E-state index contributed by atoms with van der Waals surface area (Å²) in [5.41, 5.74) is 2.17. The van der Waals surface area contributed by atoms with Gasteiger partial charge < -0.3 is 4.74 Å². The highest BCUT2D eigenvalue weighted by Gasteiger charge is 2.02. The zero-order valence-corrected chi connectivity index (χ0v) is 11.8. The molecule has 0 unspecified atom stereocenters. The van der Waals surface area contributed by atoms with Crippen molar-refractivity contribution in [2.24, 2.45) is 0 Å². The summed E-state index contributed by atoms with van der Waals surface area (Å²) >= 11 is 3.38. The van der Waals surface area contributed by atoms with Gasteiger partial charge in [0, 0.05) is 10.6 Å². The molecule has 0 radical (unpaired) electrons. The molecule has 0 aliphatic rings. The van der Waals surface area contributed by atoms with Gasteiger partial charge in [-0.15, -0.1) is 0 Å². The second-order valence-corrected chi connectivity index (χ2v) is 4.73. The third kappa shape index (κ3) is 5.18. The van der Waals surface area contributed by atoms with Crippen LogP contribution in [0.2, 0.25) is 0 Å². The van der Waals surface area contributed by atoms with E-state index >= 15 is 0 Å². The van der Waals surface area contributed by atoms with Crippen LogP contribution in [0.4, 0.5) is 0 Å². The SMILES string of the molecule is CCCCOC(=O)/C=C(\Br)c1ccc(C)cc1. The van der Waals surface area contributed by atoms with Crippen LogP contribution in [0.25, 0.3) is 4.48 Å². The molecular weight excluding hydrogens is 280 g/mol. The Morgan fingerprint density at radius 2 is 2.00 bits per heavy atom. The van der Waals surface area contributed by atoms with Crippen LogP contribution >= 0.6 is 15.9 Å². The second-order valence-electron chi connectivity index (χ2n) is 3.88. The molecule has 0 aliphatic heterocycles. The average molecular weight is 297 g/mol. The van der Waals surface area contributed by atoms with Gasteiger partial charge in [0.05, 0.1) is 6.61 Å². The van der Waals surface area contributed by atoms with Crippen LogP contribution in [0.1, 0.15) is 30.9 Å². The Morgan fingerprint density at radius 3 is 2.59 bits per heavy atom. The Hall–Kier alpha value is -1.09. The summed E-state index contributed by atoms with van der Waals surface area (Å²) in [5, 5.41) is 0. The number of hydrogen-bond acceptors (Lipinski definition) is 2. The standard InChI is InChI=1S/C14H17BrO2/c1-3-4-9-17-14(16)10-13(15)12-7-5-11(2)6-8-12/h5-8,10H,3-4,9H2,1-2H3/b13-10-. The topological polar surface area (TPSA) is 26.3 Å². The van der Waals surface area contributed by atoms with Gasteiger partial charge in [-0.25, -0.2) is 4.79 Å². The lowest BCUT2D eigenvalue weighted by Crippen LogP contribution is -2.02. The molecule has 3 heteroatoms. The molecule has 0 aliphatic carbocycles. The number of esters is 1. The number of unbranched alkanes of at least 4 members (excludes halogenated alkanes) is 1. The first kappa shape index (κ1) is 14.0. The molecule has 0 aromatic heterocycles. The molecule has 0 atom stereocenters. The van der Waals surface area contributed by atoms with Gasteiger partial charge in [0.25, 0.3) is 0 Å². The van der Waals surface area contributed by atoms with E-state index in [1.165, 1.54) is 11.6 Å². The molecule has 0 fully saturated rings. The normalized spacial score (nSPS) is 11.4. The Bertz CT molecular complexity index is 393. The van der Waals surface area contributed by atoms with Gasteiger partial charge in [-0.1, -0.05) is 43.2 Å². The summed E-state index contributed by atoms with van der Waals surface area (Å²) < 4.78 is 5.80. The maximum atomic E-state index is 11.4. The van der Waals surface area contributed by atoms with Crippen LogP contribution in [-0.2, 0) is 9.53 Å². The van der Waals surface area contributed by atoms with Gasteiger partial charge in [-0.05, 0) is 34.8 Å². The molecule has 0 bridgehead atoms. The first-order valence-corrected chi connectivity index (χ1v) is 6.53. The van der Waals surface area contributed by atoms with Crippen molar-refractivity contribution in [2.45, 2.75) is 26.7 Å². The fraction of sp³-hybridized carbons (Fsp3) is 0.357. The molecule has 0 N–H and O–H groups in total. The van der Waals surface area contributed by atoms with E-state index in [4.69, 9.17) is 4.74 Å². The van der Waals surface area contributed by atoms with Gasteiger partial charge in [-0.3, -0.25) is 0 Å². The van der Waals surface area contributed by atoms with Crippen molar-refractivity contribution in [1.82, 2.24) is 0 Å². The third-order valence-corrected chi connectivity index (χ3v) is 3.00. The number of rotatable bonds is 5. The summed E-state index contributed by atoms with van der Waals surface area (Å²) in [6, 6.07) is 7.95. The Kier molecular flexibility index (Phi) is 5.98. The van der Waals surface area contributed by atoms with Crippen molar-refractivity contribution in [3.8, 4) is 0 Å². The first-order chi connectivity index (χ1) is 8.13. The number of aryl methyl sites for hydroxylation is 1. The molecule has 0 saturated carbocycles. The first-order valence-electron chi connectivity index (χ1n) is 5.74. The Labute approximate surface area is 111 Å². The molecule has 92 valence electrons. The highest BCUT2D eigenvalue weighted by atomic mass is 79.9. The number of hydrogen-bond donors (Lipinski definition) is 0. The van der Waals surface area contributed by atoms with Crippen molar-refractivity contribution in [3.05, 3.63) is 41.5 Å². The predicted octanol–water partition coefficient (Wildman–Crippen LogP) is 4.07. The van der Waals surface area contributed by atoms with Crippen LogP contribution in [0.5, 0.6) is 0 Å². The lowest BCUT2D eigenvalue weighted by Gasteiger charge is -2.02. The molecule has 17 heavy (non-hydrogen) atoms. The molecule has 0 heterocycles. The molecular formula is C14H17BrO2. The Balaban J connectivity index is 2.59. The van der Waals surface area contributed by atoms with E-state index in [-0.39, 0.29) is 5.97 Å². The highest BCUT2D eigenvalue weighted by Crippen LogP contribution is 2.21. The van der Waals surface area contributed by atoms with Crippen LogP contribution in [0.3, 0.4) is 0 Å². The minimum Gasteiger partial charge on any atom is -0.463 e. The fourth-order valence-electron chi connectivity index (χ4n) is 1.26. The summed E-state index contributed by atoms with van der Waals surface area (Å²) in [7, 11) is 0. The zero-order chi connectivity index (χ0) is 12.7. The van der Waals surface area contributed by atoms with Crippen molar-refractivity contribution < 1.29 is 9.53 Å². The maximum absolute atomic E-state index is 11.4. The number of carbonyl (C=O) groups excluding carboxylic acids is 1. The van der Waals surface area contributed by atoms with Crippen LogP contribution in [0, 0.1) is 6.92 Å². The fourth-order valence-corrected chi connectivity index (χ4v) is 1.71. The van der Waals surface area contributed by atoms with E-state index in [1.54, 1.807) is 0 Å². The largest absolute Gasteiger partial charge is 0.463 e. The molecule has 0 amide bonds. The molecule has 1 aromatic carbocycles. The van der Waals surface area contributed by atoms with Crippen molar-refractivity contribution in [2.75, 3.05) is 6.61 Å². The minimum atomic E-state index is -0.300. The summed E-state index contributed by atoms with van der Waals surface area (Å²) in [6.45, 7) is 4.58. The van der Waals surface area contributed by atoms with Crippen molar-refractivity contribution in [3.63, 3.8) is 0 Å². The van der Waals surface area contributed by atoms with Crippen molar-refractivity contribution in [1.29, 1.82) is 0 Å². The van der Waals surface area contributed by atoms with Gasteiger partial charge in [0.1, 0.15) is 0 Å². The number of halogens is 1. The third-order valence-electron chi connectivity index (χ3n) is 2.31. The van der Waals surface area contributed by atoms with E-state index in [1.807, 2.05) is 31.2 Å². The highest BCUT2D eigenvalue weighted by molar-refractivity contribution is 9.15. The van der Waals surface area contributed by atoms with Crippen molar-refractivity contribution >= 4 is 26.4 Å². The maximum Gasteiger partial charge on any atom is 0.331 e. The minimum absolute atomic E-state index is 0.300. The van der Waals surface area contributed by atoms with Gasteiger partial charge in [0.2, 0.25) is 0 Å². The lowest BCUT2D eigenvalue weighted by atomic mass is 10.1. The number of carbonyl (C=O) groups is 1. The van der Waals surface area contributed by atoms with Crippen LogP contribution < -0.4 is 0 Å². The van der Waals surface area contributed by atoms with Crippen LogP contribution in [-0.4, -0.2) is 12.6 Å². The average Bonchev–Trinajstić information content (AvgIpc) is 2.30. The second kappa shape index (κ2) is 7.28. The zero-order valence-electron chi connectivity index (χ0n) is 10.2. The van der Waals surface area contributed by atoms with E-state index < -0.39 is 0 Å². The molecule has 1 aromatic rings. The van der Waals surface area contributed by atoms with Gasteiger partial charge in [-0.2, -0.15) is 0 Å². The van der Waals surface area contributed by atoms with Crippen LogP contribution in [0.15, 0.2) is 30.3 Å². The molecule has 0 saturated heterocycles. The summed E-state index contributed by atoms with van der Waals surface area (Å²) in [5.74, 6) is -0.300. The van der Waals surface area contributed by atoms with E-state index in [2.05, 4.69) is 22.9 Å². The summed E-state index contributed by atoms with van der Waals surface area (Å²) in [4.78, 5) is 11.4. The smallest absolute Gasteiger partial charge is 0.331 e. The summed E-state index contributed by atoms with van der Waals surface area (Å²) in [6.07, 6.45) is 3.40. The number of benzene rings is 1. The monoisotopic (exact) mass is 296 g/mol. The lowest BCUT2D eigenvalue weighted by molar-refractivity contribution is -0.137. The predicted molar refractivity (Wildman–Crippen MR) is 74.0 cm³/mol. The van der Waals surface area contributed by atoms with Gasteiger partial charge in [0.15, 0.2) is 0 Å². The van der Waals surface area contributed by atoms with E-state index in [0.717, 1.165) is 22.9 Å². The van der Waals surface area contributed by atoms with Gasteiger partial charge >= 0.3 is 5.97 Å². The Morgan fingerprint density at radius 1 is 1.35 bits per heavy atom. The van der Waals surface area contributed by atoms with E-state index in [9.17, 15) is 4.79 Å². The van der Waals surface area contributed by atoms with E-state index in [0.29, 0.717) is 6.61 Å². The quantitative estimate of drug-likeness (QED) is 0.465.